The molecule has 5 heteroatoms. The van der Waals surface area contributed by atoms with Gasteiger partial charge < -0.3 is 11.1 Å². The first-order valence-electron chi connectivity index (χ1n) is 7.74. The fraction of sp³-hybridized carbons (Fsp3) is 0.733. The third-order valence-corrected chi connectivity index (χ3v) is 5.82. The summed E-state index contributed by atoms with van der Waals surface area (Å²) in [5.41, 5.74) is 6.75. The van der Waals surface area contributed by atoms with Crippen LogP contribution < -0.4 is 11.1 Å². The largest absolute Gasteiger partial charge is 0.329 e. The molecule has 2 aliphatic rings. The highest BCUT2D eigenvalue weighted by Gasteiger charge is 2.38. The molecular weight excluding hydrogens is 270 g/mol. The highest BCUT2D eigenvalue weighted by Crippen LogP contribution is 2.37. The summed E-state index contributed by atoms with van der Waals surface area (Å²) < 4.78 is 0. The van der Waals surface area contributed by atoms with E-state index in [0.717, 1.165) is 43.7 Å². The first kappa shape index (κ1) is 14.0. The van der Waals surface area contributed by atoms with Gasteiger partial charge in [-0.05, 0) is 38.5 Å². The molecule has 0 unspecified atom stereocenters. The van der Waals surface area contributed by atoms with Crippen molar-refractivity contribution in [2.45, 2.75) is 57.8 Å². The molecule has 1 saturated carbocycles. The number of rotatable bonds is 3. The van der Waals surface area contributed by atoms with E-state index in [-0.39, 0.29) is 11.3 Å². The van der Waals surface area contributed by atoms with Gasteiger partial charge in [0, 0.05) is 11.4 Å². The molecule has 3 rings (SSSR count). The van der Waals surface area contributed by atoms with Gasteiger partial charge in [-0.15, -0.1) is 11.3 Å². The number of amides is 1. The summed E-state index contributed by atoms with van der Waals surface area (Å²) in [7, 11) is 0. The minimum Gasteiger partial charge on any atom is -0.329 e. The Balaban J connectivity index is 1.73. The molecule has 3 N–H and O–H groups in total. The number of nitrogens with two attached hydrogens (primary N) is 1. The van der Waals surface area contributed by atoms with E-state index in [1.54, 1.807) is 11.3 Å². The van der Waals surface area contributed by atoms with Crippen LogP contribution in [0.1, 0.15) is 55.5 Å². The zero-order valence-electron chi connectivity index (χ0n) is 11.9. The zero-order valence-corrected chi connectivity index (χ0v) is 12.7. The number of nitrogens with one attached hydrogen (secondary N) is 1. The smallest absolute Gasteiger partial charge is 0.233 e. The molecule has 0 aliphatic heterocycles. The second-order valence-corrected chi connectivity index (χ2v) is 7.18. The number of fused-ring (bicyclic) bond motifs is 1. The number of hydrogen-bond donors (Lipinski definition) is 2. The molecule has 2 aliphatic carbocycles. The Morgan fingerprint density at radius 2 is 1.95 bits per heavy atom. The van der Waals surface area contributed by atoms with Crippen LogP contribution in [-0.4, -0.2) is 17.4 Å². The van der Waals surface area contributed by atoms with E-state index in [2.05, 4.69) is 10.3 Å². The molecule has 110 valence electrons. The Morgan fingerprint density at radius 3 is 2.65 bits per heavy atom. The molecule has 0 saturated heterocycles. The summed E-state index contributed by atoms with van der Waals surface area (Å²) in [6.07, 6.45) is 9.92. The SMILES string of the molecule is NCC1(C(=O)Nc2nc3c(s2)CCCC3)CCCCC1. The van der Waals surface area contributed by atoms with Crippen molar-refractivity contribution in [1.82, 2.24) is 4.98 Å². The maximum Gasteiger partial charge on any atom is 0.233 e. The van der Waals surface area contributed by atoms with Crippen molar-refractivity contribution in [2.75, 3.05) is 11.9 Å². The fourth-order valence-electron chi connectivity index (χ4n) is 3.39. The van der Waals surface area contributed by atoms with Gasteiger partial charge in [-0.3, -0.25) is 4.79 Å². The van der Waals surface area contributed by atoms with Gasteiger partial charge in [0.15, 0.2) is 5.13 Å². The van der Waals surface area contributed by atoms with Gasteiger partial charge in [-0.25, -0.2) is 4.98 Å². The van der Waals surface area contributed by atoms with Crippen molar-refractivity contribution in [2.24, 2.45) is 11.1 Å². The summed E-state index contributed by atoms with van der Waals surface area (Å²) in [6.45, 7) is 0.448. The fourth-order valence-corrected chi connectivity index (χ4v) is 4.43. The van der Waals surface area contributed by atoms with Crippen LogP contribution in [0, 0.1) is 5.41 Å². The normalized spacial score (nSPS) is 21.2. The van der Waals surface area contributed by atoms with E-state index in [1.807, 2.05) is 0 Å². The molecule has 20 heavy (non-hydrogen) atoms. The van der Waals surface area contributed by atoms with Gasteiger partial charge in [0.25, 0.3) is 0 Å². The number of anilines is 1. The monoisotopic (exact) mass is 293 g/mol. The molecule has 1 amide bonds. The lowest BCUT2D eigenvalue weighted by Crippen LogP contribution is -2.43. The predicted octanol–water partition coefficient (Wildman–Crippen LogP) is 2.87. The topological polar surface area (TPSA) is 68.0 Å². The maximum absolute atomic E-state index is 12.6. The van der Waals surface area contributed by atoms with E-state index < -0.39 is 0 Å². The van der Waals surface area contributed by atoms with Crippen molar-refractivity contribution in [3.8, 4) is 0 Å². The molecule has 0 bridgehead atoms. The molecule has 1 fully saturated rings. The summed E-state index contributed by atoms with van der Waals surface area (Å²) in [4.78, 5) is 18.6. The van der Waals surface area contributed by atoms with Crippen LogP contribution in [-0.2, 0) is 17.6 Å². The molecule has 0 radical (unpaired) electrons. The minimum absolute atomic E-state index is 0.0887. The van der Waals surface area contributed by atoms with Gasteiger partial charge in [0.1, 0.15) is 0 Å². The Kier molecular flexibility index (Phi) is 4.08. The highest BCUT2D eigenvalue weighted by atomic mass is 32.1. The molecule has 1 aromatic heterocycles. The summed E-state index contributed by atoms with van der Waals surface area (Å²) in [5.74, 6) is 0.0887. The molecular formula is C15H23N3OS. The number of aromatic nitrogens is 1. The zero-order chi connectivity index (χ0) is 14.0. The second kappa shape index (κ2) is 5.82. The lowest BCUT2D eigenvalue weighted by molar-refractivity contribution is -0.126. The molecule has 4 nitrogen and oxygen atoms in total. The van der Waals surface area contributed by atoms with Crippen LogP contribution in [0.25, 0.3) is 0 Å². The summed E-state index contributed by atoms with van der Waals surface area (Å²) >= 11 is 1.65. The van der Waals surface area contributed by atoms with Gasteiger partial charge in [0.05, 0.1) is 11.1 Å². The second-order valence-electron chi connectivity index (χ2n) is 6.10. The van der Waals surface area contributed by atoms with Gasteiger partial charge in [0.2, 0.25) is 5.91 Å². The first-order chi connectivity index (χ1) is 9.73. The van der Waals surface area contributed by atoms with Gasteiger partial charge >= 0.3 is 0 Å². The van der Waals surface area contributed by atoms with Crippen LogP contribution in [0.2, 0.25) is 0 Å². The number of hydrogen-bond acceptors (Lipinski definition) is 4. The van der Waals surface area contributed by atoms with E-state index in [1.165, 1.54) is 29.8 Å². The third kappa shape index (κ3) is 2.61. The van der Waals surface area contributed by atoms with E-state index in [4.69, 9.17) is 5.73 Å². The van der Waals surface area contributed by atoms with E-state index >= 15 is 0 Å². The lowest BCUT2D eigenvalue weighted by Gasteiger charge is -2.34. The van der Waals surface area contributed by atoms with Gasteiger partial charge in [-0.2, -0.15) is 0 Å². The quantitative estimate of drug-likeness (QED) is 0.900. The van der Waals surface area contributed by atoms with E-state index in [0.29, 0.717) is 6.54 Å². The maximum atomic E-state index is 12.6. The van der Waals surface area contributed by atoms with Crippen molar-refractivity contribution >= 4 is 22.4 Å². The summed E-state index contributed by atoms with van der Waals surface area (Å²) in [5, 5.41) is 3.83. The number of aryl methyl sites for hydroxylation is 2. The third-order valence-electron chi connectivity index (χ3n) is 4.75. The van der Waals surface area contributed by atoms with Crippen molar-refractivity contribution in [3.05, 3.63) is 10.6 Å². The van der Waals surface area contributed by atoms with E-state index in [9.17, 15) is 4.79 Å². The first-order valence-corrected chi connectivity index (χ1v) is 8.55. The molecule has 1 aromatic rings. The number of carbonyl (C=O) groups excluding carboxylic acids is 1. The molecule has 0 aromatic carbocycles. The minimum atomic E-state index is -0.357. The lowest BCUT2D eigenvalue weighted by atomic mass is 9.73. The predicted molar refractivity (Wildman–Crippen MR) is 82.0 cm³/mol. The number of carbonyl (C=O) groups is 1. The molecule has 1 heterocycles. The number of thiazole rings is 1. The average molecular weight is 293 g/mol. The van der Waals surface area contributed by atoms with Crippen LogP contribution >= 0.6 is 11.3 Å². The van der Waals surface area contributed by atoms with Crippen molar-refractivity contribution < 1.29 is 4.79 Å². The Labute approximate surface area is 124 Å². The number of nitrogens with zero attached hydrogens (tertiary/aromatic N) is 1. The standard InChI is InChI=1S/C15H23N3OS/c16-10-15(8-4-1-5-9-15)13(19)18-14-17-11-6-2-3-7-12(11)20-14/h1-10,16H2,(H,17,18,19). The summed E-state index contributed by atoms with van der Waals surface area (Å²) in [6, 6.07) is 0. The van der Waals surface area contributed by atoms with Crippen LogP contribution in [0.3, 0.4) is 0 Å². The Hall–Kier alpha value is -0.940. The van der Waals surface area contributed by atoms with Gasteiger partial charge in [-0.1, -0.05) is 19.3 Å². The molecule has 0 atom stereocenters. The highest BCUT2D eigenvalue weighted by molar-refractivity contribution is 7.15. The Morgan fingerprint density at radius 1 is 1.20 bits per heavy atom. The average Bonchev–Trinajstić information content (AvgIpc) is 2.90. The Bertz CT molecular complexity index is 468. The van der Waals surface area contributed by atoms with Crippen LogP contribution in [0.4, 0.5) is 5.13 Å². The van der Waals surface area contributed by atoms with Crippen LogP contribution in [0.15, 0.2) is 0 Å². The van der Waals surface area contributed by atoms with Crippen LogP contribution in [0.5, 0.6) is 0 Å². The molecule has 0 spiro atoms. The van der Waals surface area contributed by atoms with Crippen molar-refractivity contribution in [3.63, 3.8) is 0 Å². The van der Waals surface area contributed by atoms with Crippen molar-refractivity contribution in [1.29, 1.82) is 0 Å².